The Labute approximate surface area is 82.8 Å². The molecule has 0 aromatic carbocycles. The Balaban J connectivity index is 4.04. The molecule has 0 rings (SSSR count). The first-order chi connectivity index (χ1) is 6.39. The molecule has 0 fully saturated rings. The number of hydrogen-bond donors (Lipinski definition) is 2. The van der Waals surface area contributed by atoms with Crippen molar-refractivity contribution in [2.45, 2.75) is 32.4 Å². The van der Waals surface area contributed by atoms with Gasteiger partial charge < -0.3 is 15.2 Å². The van der Waals surface area contributed by atoms with Crippen LogP contribution in [0.3, 0.4) is 0 Å². The van der Waals surface area contributed by atoms with Gasteiger partial charge in [-0.3, -0.25) is 0 Å². The largest absolute Gasteiger partial charge is 0.444 e. The molecule has 1 atom stereocenters. The summed E-state index contributed by atoms with van der Waals surface area (Å²) in [7, 11) is 0. The molecular formula is C9H16FNO3. The standard InChI is InChI=1S/C9H16FNO3/c1-9(2,3)14-8(13)11-7(6-12)4-5-10/h4-5,7,12H,6H2,1-3H3,(H,11,13)/b5-4+. The first kappa shape index (κ1) is 12.9. The number of aliphatic hydroxyl groups excluding tert-OH is 1. The van der Waals surface area contributed by atoms with E-state index in [-0.39, 0.29) is 12.9 Å². The molecule has 1 amide bonds. The smallest absolute Gasteiger partial charge is 0.408 e. The molecule has 0 aliphatic carbocycles. The van der Waals surface area contributed by atoms with E-state index in [9.17, 15) is 9.18 Å². The maximum Gasteiger partial charge on any atom is 0.408 e. The predicted octanol–water partition coefficient (Wildman–Crippen LogP) is 1.36. The summed E-state index contributed by atoms with van der Waals surface area (Å²) in [5.41, 5.74) is -0.608. The summed E-state index contributed by atoms with van der Waals surface area (Å²) in [6.45, 7) is 4.77. The van der Waals surface area contributed by atoms with Gasteiger partial charge in [0.2, 0.25) is 0 Å². The second-order valence-corrected chi connectivity index (χ2v) is 3.75. The number of aliphatic hydroxyl groups is 1. The summed E-state index contributed by atoms with van der Waals surface area (Å²) < 4.78 is 16.6. The first-order valence-electron chi connectivity index (χ1n) is 4.26. The average molecular weight is 205 g/mol. The highest BCUT2D eigenvalue weighted by molar-refractivity contribution is 5.68. The first-order valence-corrected chi connectivity index (χ1v) is 4.26. The molecule has 14 heavy (non-hydrogen) atoms. The monoisotopic (exact) mass is 205 g/mol. The number of nitrogens with one attached hydrogen (secondary N) is 1. The van der Waals surface area contributed by atoms with Crippen LogP contribution in [0.2, 0.25) is 0 Å². The van der Waals surface area contributed by atoms with Crippen LogP contribution >= 0.6 is 0 Å². The minimum Gasteiger partial charge on any atom is -0.444 e. The molecule has 82 valence electrons. The second kappa shape index (κ2) is 5.59. The zero-order valence-electron chi connectivity index (χ0n) is 8.58. The molecular weight excluding hydrogens is 189 g/mol. The van der Waals surface area contributed by atoms with Crippen LogP contribution in [0, 0.1) is 0 Å². The lowest BCUT2D eigenvalue weighted by Crippen LogP contribution is -2.39. The number of amides is 1. The third-order valence-corrected chi connectivity index (χ3v) is 1.20. The van der Waals surface area contributed by atoms with Crippen LogP contribution in [0.5, 0.6) is 0 Å². The van der Waals surface area contributed by atoms with Crippen LogP contribution < -0.4 is 5.32 Å². The lowest BCUT2D eigenvalue weighted by atomic mass is 10.2. The van der Waals surface area contributed by atoms with Gasteiger partial charge in [0.15, 0.2) is 0 Å². The summed E-state index contributed by atoms with van der Waals surface area (Å²) in [6.07, 6.45) is 0.608. The number of halogens is 1. The zero-order valence-corrected chi connectivity index (χ0v) is 8.58. The highest BCUT2D eigenvalue weighted by atomic mass is 19.1. The summed E-state index contributed by atoms with van der Waals surface area (Å²) in [5, 5.41) is 11.0. The highest BCUT2D eigenvalue weighted by Crippen LogP contribution is 2.06. The van der Waals surface area contributed by atoms with Crippen molar-refractivity contribution in [2.75, 3.05) is 6.61 Å². The Bertz CT molecular complexity index is 211. The molecule has 5 heteroatoms. The molecule has 0 aliphatic rings. The number of ether oxygens (including phenoxy) is 1. The van der Waals surface area contributed by atoms with E-state index in [1.165, 1.54) is 0 Å². The van der Waals surface area contributed by atoms with Crippen LogP contribution in [0.4, 0.5) is 9.18 Å². The molecule has 0 aromatic heterocycles. The number of carbonyl (C=O) groups excluding carboxylic acids is 1. The van der Waals surface area contributed by atoms with Gasteiger partial charge in [-0.15, -0.1) is 0 Å². The third kappa shape index (κ3) is 6.42. The molecule has 0 aliphatic heterocycles. The van der Waals surface area contributed by atoms with E-state index in [1.54, 1.807) is 20.8 Å². The molecule has 0 aromatic rings. The Morgan fingerprint density at radius 2 is 2.21 bits per heavy atom. The molecule has 4 nitrogen and oxygen atoms in total. The fourth-order valence-electron chi connectivity index (χ4n) is 0.701. The molecule has 0 heterocycles. The van der Waals surface area contributed by atoms with Crippen LogP contribution in [0.1, 0.15) is 20.8 Å². The number of alkyl carbamates (subject to hydrolysis) is 1. The maximum absolute atomic E-state index is 11.7. The van der Waals surface area contributed by atoms with Crippen molar-refractivity contribution >= 4 is 6.09 Å². The predicted molar refractivity (Wildman–Crippen MR) is 50.5 cm³/mol. The van der Waals surface area contributed by atoms with Crippen molar-refractivity contribution < 1.29 is 19.0 Å². The maximum atomic E-state index is 11.7. The minimum atomic E-state index is -0.755. The SMILES string of the molecule is CC(C)(C)OC(=O)NC(/C=C/F)CO. The number of carbonyl (C=O) groups is 1. The Morgan fingerprint density at radius 1 is 1.64 bits per heavy atom. The molecule has 1 unspecified atom stereocenters. The van der Waals surface area contributed by atoms with Gasteiger partial charge in [-0.1, -0.05) is 0 Å². The van der Waals surface area contributed by atoms with Crippen LogP contribution in [0.25, 0.3) is 0 Å². The van der Waals surface area contributed by atoms with E-state index in [1.807, 2.05) is 0 Å². The van der Waals surface area contributed by atoms with Crippen molar-refractivity contribution in [1.29, 1.82) is 0 Å². The van der Waals surface area contributed by atoms with Gasteiger partial charge in [0.05, 0.1) is 19.0 Å². The third-order valence-electron chi connectivity index (χ3n) is 1.20. The van der Waals surface area contributed by atoms with Gasteiger partial charge in [0.1, 0.15) is 5.60 Å². The van der Waals surface area contributed by atoms with E-state index in [2.05, 4.69) is 5.32 Å². The fraction of sp³-hybridized carbons (Fsp3) is 0.667. The summed E-state index contributed by atoms with van der Waals surface area (Å²) >= 11 is 0. The molecule has 2 N–H and O–H groups in total. The normalized spacial score (nSPS) is 14.1. The molecule has 0 radical (unpaired) electrons. The van der Waals surface area contributed by atoms with Gasteiger partial charge in [0.25, 0.3) is 0 Å². The summed E-state index contributed by atoms with van der Waals surface area (Å²) in [6, 6.07) is -0.755. The quantitative estimate of drug-likeness (QED) is 0.731. The van der Waals surface area contributed by atoms with Crippen molar-refractivity contribution in [2.24, 2.45) is 0 Å². The van der Waals surface area contributed by atoms with E-state index < -0.39 is 17.7 Å². The van der Waals surface area contributed by atoms with Crippen molar-refractivity contribution in [1.82, 2.24) is 5.32 Å². The van der Waals surface area contributed by atoms with Crippen LogP contribution in [-0.2, 0) is 4.74 Å². The van der Waals surface area contributed by atoms with Crippen molar-refractivity contribution in [3.8, 4) is 0 Å². The van der Waals surface area contributed by atoms with Crippen LogP contribution in [0.15, 0.2) is 12.4 Å². The van der Waals surface area contributed by atoms with Crippen LogP contribution in [-0.4, -0.2) is 29.4 Å². The minimum absolute atomic E-state index is 0.262. The topological polar surface area (TPSA) is 58.6 Å². The number of rotatable bonds is 3. The fourth-order valence-corrected chi connectivity index (χ4v) is 0.701. The van der Waals surface area contributed by atoms with Crippen molar-refractivity contribution in [3.63, 3.8) is 0 Å². The molecule has 0 saturated heterocycles. The second-order valence-electron chi connectivity index (χ2n) is 3.75. The molecule has 0 saturated carbocycles. The van der Waals surface area contributed by atoms with E-state index in [0.29, 0.717) is 0 Å². The summed E-state index contributed by atoms with van der Waals surface area (Å²) in [5.74, 6) is 0. The van der Waals surface area contributed by atoms with E-state index >= 15 is 0 Å². The Hall–Kier alpha value is -1.10. The van der Waals surface area contributed by atoms with Gasteiger partial charge in [-0.05, 0) is 26.8 Å². The summed E-state index contributed by atoms with van der Waals surface area (Å²) in [4.78, 5) is 11.1. The Morgan fingerprint density at radius 3 is 2.57 bits per heavy atom. The van der Waals surface area contributed by atoms with Gasteiger partial charge in [-0.25, -0.2) is 9.18 Å². The van der Waals surface area contributed by atoms with Gasteiger partial charge >= 0.3 is 6.09 Å². The van der Waals surface area contributed by atoms with Gasteiger partial charge in [0, 0.05) is 0 Å². The lowest BCUT2D eigenvalue weighted by molar-refractivity contribution is 0.0498. The van der Waals surface area contributed by atoms with Gasteiger partial charge in [-0.2, -0.15) is 0 Å². The highest BCUT2D eigenvalue weighted by Gasteiger charge is 2.17. The molecule has 0 spiro atoms. The zero-order chi connectivity index (χ0) is 11.2. The lowest BCUT2D eigenvalue weighted by Gasteiger charge is -2.21. The number of hydrogen-bond acceptors (Lipinski definition) is 3. The average Bonchev–Trinajstić information content (AvgIpc) is 2.00. The van der Waals surface area contributed by atoms with E-state index in [4.69, 9.17) is 9.84 Å². The van der Waals surface area contributed by atoms with E-state index in [0.717, 1.165) is 6.08 Å². The van der Waals surface area contributed by atoms with Crippen molar-refractivity contribution in [3.05, 3.63) is 12.4 Å². The molecule has 0 bridgehead atoms. The Kier molecular flexibility index (Phi) is 5.15.